The zero-order valence-corrected chi connectivity index (χ0v) is 16.7. The van der Waals surface area contributed by atoms with Gasteiger partial charge in [-0.15, -0.1) is 23.1 Å². The summed E-state index contributed by atoms with van der Waals surface area (Å²) in [6.07, 6.45) is 1.83. The monoisotopic (exact) mass is 416 g/mol. The first-order valence-electron chi connectivity index (χ1n) is 8.27. The number of anilines is 1. The normalized spacial score (nSPS) is 10.6. The highest BCUT2D eigenvalue weighted by molar-refractivity contribution is 7.98. The highest BCUT2D eigenvalue weighted by Crippen LogP contribution is 2.30. The topological polar surface area (TPSA) is 98.5 Å². The number of benzene rings is 2. The molecule has 0 atom stereocenters. The van der Waals surface area contributed by atoms with E-state index in [2.05, 4.69) is 5.32 Å². The maximum atomic E-state index is 12.6. The summed E-state index contributed by atoms with van der Waals surface area (Å²) in [6, 6.07) is 11.3. The second-order valence-electron chi connectivity index (χ2n) is 5.68. The minimum Gasteiger partial charge on any atom is -0.462 e. The number of amides is 1. The van der Waals surface area contributed by atoms with Crippen LogP contribution in [0.4, 0.5) is 11.4 Å². The van der Waals surface area contributed by atoms with Crippen LogP contribution in [0.2, 0.25) is 0 Å². The van der Waals surface area contributed by atoms with Gasteiger partial charge in [0.15, 0.2) is 0 Å². The number of carbonyl (C=O) groups is 2. The maximum Gasteiger partial charge on any atom is 0.348 e. The van der Waals surface area contributed by atoms with Crippen molar-refractivity contribution in [2.75, 3.05) is 18.2 Å². The molecule has 1 heterocycles. The lowest BCUT2D eigenvalue weighted by molar-refractivity contribution is -0.385. The van der Waals surface area contributed by atoms with Gasteiger partial charge in [-0.1, -0.05) is 0 Å². The van der Waals surface area contributed by atoms with Crippen molar-refractivity contribution in [3.8, 4) is 0 Å². The molecule has 0 unspecified atom stereocenters. The summed E-state index contributed by atoms with van der Waals surface area (Å²) in [4.78, 5) is 36.4. The van der Waals surface area contributed by atoms with Crippen LogP contribution >= 0.6 is 23.1 Å². The fourth-order valence-corrected chi connectivity index (χ4v) is 3.98. The first-order chi connectivity index (χ1) is 13.4. The van der Waals surface area contributed by atoms with Crippen molar-refractivity contribution in [1.82, 2.24) is 0 Å². The van der Waals surface area contributed by atoms with E-state index < -0.39 is 16.8 Å². The Morgan fingerprint density at radius 1 is 1.21 bits per heavy atom. The summed E-state index contributed by atoms with van der Waals surface area (Å²) in [5.74, 6) is -0.957. The molecule has 0 bridgehead atoms. The summed E-state index contributed by atoms with van der Waals surface area (Å²) in [5, 5.41) is 14.7. The van der Waals surface area contributed by atoms with Gasteiger partial charge in [-0.3, -0.25) is 14.9 Å². The van der Waals surface area contributed by atoms with Crippen LogP contribution in [-0.2, 0) is 4.74 Å². The van der Waals surface area contributed by atoms with Crippen LogP contribution in [0.1, 0.15) is 27.0 Å². The summed E-state index contributed by atoms with van der Waals surface area (Å²) >= 11 is 2.69. The molecule has 144 valence electrons. The number of thioether (sulfide) groups is 1. The van der Waals surface area contributed by atoms with Crippen molar-refractivity contribution in [3.05, 3.63) is 63.0 Å². The Labute approximate surface area is 168 Å². The molecule has 0 spiro atoms. The quantitative estimate of drug-likeness (QED) is 0.264. The van der Waals surface area contributed by atoms with Gasteiger partial charge >= 0.3 is 5.97 Å². The molecular weight excluding hydrogens is 400 g/mol. The van der Waals surface area contributed by atoms with Crippen LogP contribution in [0.3, 0.4) is 0 Å². The summed E-state index contributed by atoms with van der Waals surface area (Å²) < 4.78 is 5.88. The molecule has 0 aliphatic heterocycles. The van der Waals surface area contributed by atoms with Crippen molar-refractivity contribution in [1.29, 1.82) is 0 Å². The molecule has 3 rings (SSSR count). The lowest BCUT2D eigenvalue weighted by Gasteiger charge is -2.07. The Bertz CT molecular complexity index is 1080. The van der Waals surface area contributed by atoms with Crippen LogP contribution in [0.5, 0.6) is 0 Å². The SMILES string of the molecule is CCOC(=O)c1cc2cc(NC(=O)c3cc(SC)ccc3[N+](=O)[O-])ccc2s1. The molecule has 28 heavy (non-hydrogen) atoms. The van der Waals surface area contributed by atoms with E-state index >= 15 is 0 Å². The number of esters is 1. The molecule has 1 aromatic heterocycles. The molecule has 0 fully saturated rings. The number of thiophene rings is 1. The van der Waals surface area contributed by atoms with Gasteiger partial charge in [0.25, 0.3) is 11.6 Å². The molecule has 2 aromatic carbocycles. The third kappa shape index (κ3) is 4.15. The molecule has 9 heteroatoms. The molecule has 0 aliphatic rings. The molecule has 1 N–H and O–H groups in total. The van der Waals surface area contributed by atoms with E-state index in [4.69, 9.17) is 4.74 Å². The van der Waals surface area contributed by atoms with Crippen LogP contribution in [0.15, 0.2) is 47.4 Å². The summed E-state index contributed by atoms with van der Waals surface area (Å²) in [6.45, 7) is 2.03. The van der Waals surface area contributed by atoms with Gasteiger partial charge in [-0.05, 0) is 55.0 Å². The van der Waals surface area contributed by atoms with E-state index in [0.717, 1.165) is 15.0 Å². The standard InChI is InChI=1S/C19H16N2O5S2/c1-3-26-19(23)17-9-11-8-12(4-7-16(11)28-17)20-18(22)14-10-13(27-2)5-6-15(14)21(24)25/h4-10H,3H2,1-2H3,(H,20,22). The second-order valence-corrected chi connectivity index (χ2v) is 7.64. The van der Waals surface area contributed by atoms with Gasteiger partial charge in [-0.25, -0.2) is 4.79 Å². The van der Waals surface area contributed by atoms with E-state index in [0.29, 0.717) is 17.2 Å². The van der Waals surface area contributed by atoms with Crippen LogP contribution in [-0.4, -0.2) is 29.7 Å². The van der Waals surface area contributed by atoms with Crippen molar-refractivity contribution < 1.29 is 19.2 Å². The molecule has 0 saturated carbocycles. The minimum atomic E-state index is -0.577. The van der Waals surface area contributed by atoms with E-state index in [-0.39, 0.29) is 11.3 Å². The highest BCUT2D eigenvalue weighted by Gasteiger charge is 2.21. The van der Waals surface area contributed by atoms with Crippen LogP contribution < -0.4 is 5.32 Å². The largest absolute Gasteiger partial charge is 0.462 e. The number of hydrogen-bond donors (Lipinski definition) is 1. The van der Waals surface area contributed by atoms with Gasteiger partial charge in [0, 0.05) is 21.3 Å². The Morgan fingerprint density at radius 2 is 2.00 bits per heavy atom. The molecular formula is C19H16N2O5S2. The molecule has 1 amide bonds. The van der Waals surface area contributed by atoms with Crippen molar-refractivity contribution in [2.45, 2.75) is 11.8 Å². The van der Waals surface area contributed by atoms with Crippen LogP contribution in [0, 0.1) is 10.1 Å². The third-order valence-corrected chi connectivity index (χ3v) is 5.72. The Morgan fingerprint density at radius 3 is 2.68 bits per heavy atom. The average molecular weight is 416 g/mol. The Balaban J connectivity index is 1.89. The number of nitrogens with zero attached hydrogens (tertiary/aromatic N) is 1. The lowest BCUT2D eigenvalue weighted by atomic mass is 10.1. The number of nitro benzene ring substituents is 1. The number of nitrogens with one attached hydrogen (secondary N) is 1. The number of carbonyl (C=O) groups excluding carboxylic acids is 2. The van der Waals surface area contributed by atoms with Crippen molar-refractivity contribution in [2.24, 2.45) is 0 Å². The predicted molar refractivity (Wildman–Crippen MR) is 111 cm³/mol. The van der Waals surface area contributed by atoms with Gasteiger partial charge in [-0.2, -0.15) is 0 Å². The fraction of sp³-hybridized carbons (Fsp3) is 0.158. The van der Waals surface area contributed by atoms with E-state index in [9.17, 15) is 19.7 Å². The third-order valence-electron chi connectivity index (χ3n) is 3.90. The van der Waals surface area contributed by atoms with Crippen molar-refractivity contribution in [3.63, 3.8) is 0 Å². The number of fused-ring (bicyclic) bond motifs is 1. The van der Waals surface area contributed by atoms with Crippen LogP contribution in [0.25, 0.3) is 10.1 Å². The number of rotatable bonds is 6. The first-order valence-corrected chi connectivity index (χ1v) is 10.3. The number of nitro groups is 1. The fourth-order valence-electron chi connectivity index (χ4n) is 2.61. The van der Waals surface area contributed by atoms with E-state index in [1.54, 1.807) is 37.3 Å². The van der Waals surface area contributed by atoms with Crippen molar-refractivity contribution >= 4 is 56.4 Å². The zero-order valence-electron chi connectivity index (χ0n) is 15.1. The van der Waals surface area contributed by atoms with E-state index in [1.165, 1.54) is 35.2 Å². The molecule has 0 aliphatic carbocycles. The number of hydrogen-bond acceptors (Lipinski definition) is 7. The smallest absolute Gasteiger partial charge is 0.348 e. The molecule has 7 nitrogen and oxygen atoms in total. The molecule has 0 radical (unpaired) electrons. The van der Waals surface area contributed by atoms with Gasteiger partial charge in [0.05, 0.1) is 11.5 Å². The van der Waals surface area contributed by atoms with E-state index in [1.807, 2.05) is 6.26 Å². The lowest BCUT2D eigenvalue weighted by Crippen LogP contribution is -2.14. The zero-order chi connectivity index (χ0) is 20.3. The Kier molecular flexibility index (Phi) is 5.96. The van der Waals surface area contributed by atoms with Gasteiger partial charge in [0.1, 0.15) is 10.4 Å². The Hall–Kier alpha value is -2.91. The molecule has 3 aromatic rings. The highest BCUT2D eigenvalue weighted by atomic mass is 32.2. The van der Waals surface area contributed by atoms with Gasteiger partial charge in [0.2, 0.25) is 0 Å². The first kappa shape index (κ1) is 19.8. The second kappa shape index (κ2) is 8.41. The summed E-state index contributed by atoms with van der Waals surface area (Å²) in [5.41, 5.74) is 0.223. The number of ether oxygens (including phenoxy) is 1. The molecule has 0 saturated heterocycles. The minimum absolute atomic E-state index is 0.00511. The predicted octanol–water partition coefficient (Wildman–Crippen LogP) is 4.96. The summed E-state index contributed by atoms with van der Waals surface area (Å²) in [7, 11) is 0. The average Bonchev–Trinajstić information content (AvgIpc) is 3.11. The maximum absolute atomic E-state index is 12.6. The van der Waals surface area contributed by atoms with Gasteiger partial charge < -0.3 is 10.1 Å².